The van der Waals surface area contributed by atoms with Crippen molar-refractivity contribution < 1.29 is 4.79 Å². The fourth-order valence-electron chi connectivity index (χ4n) is 4.47. The molecule has 1 N–H and O–H groups in total. The van der Waals surface area contributed by atoms with E-state index in [9.17, 15) is 4.79 Å². The number of pyridine rings is 1. The zero-order valence-electron chi connectivity index (χ0n) is 16.6. The molecule has 2 aliphatic rings. The van der Waals surface area contributed by atoms with E-state index in [-0.39, 0.29) is 11.9 Å². The summed E-state index contributed by atoms with van der Waals surface area (Å²) in [6, 6.07) is 3.96. The van der Waals surface area contributed by atoms with Crippen molar-refractivity contribution in [1.29, 1.82) is 0 Å². The molecule has 1 aliphatic carbocycles. The summed E-state index contributed by atoms with van der Waals surface area (Å²) in [4.78, 5) is 28.5. The number of amides is 1. The van der Waals surface area contributed by atoms with Gasteiger partial charge in [-0.3, -0.25) is 9.78 Å². The molecule has 1 amide bonds. The topological polar surface area (TPSA) is 71.0 Å². The predicted octanol–water partition coefficient (Wildman–Crippen LogP) is 4.56. The lowest BCUT2D eigenvalue weighted by atomic mass is 9.86. The van der Waals surface area contributed by atoms with Crippen molar-refractivity contribution in [3.8, 4) is 0 Å². The van der Waals surface area contributed by atoms with Crippen molar-refractivity contribution in [2.24, 2.45) is 5.92 Å². The first kappa shape index (κ1) is 18.8. The number of nitrogens with zero attached hydrogens (tertiary/aromatic N) is 4. The normalized spacial score (nSPS) is 20.3. The van der Waals surface area contributed by atoms with E-state index in [0.29, 0.717) is 18.2 Å². The molecular formula is C22H29N5O. The van der Waals surface area contributed by atoms with E-state index < -0.39 is 0 Å². The quantitative estimate of drug-likeness (QED) is 0.825. The van der Waals surface area contributed by atoms with Gasteiger partial charge in [0.15, 0.2) is 0 Å². The lowest BCUT2D eigenvalue weighted by Gasteiger charge is -2.28. The van der Waals surface area contributed by atoms with Crippen molar-refractivity contribution in [3.63, 3.8) is 0 Å². The minimum absolute atomic E-state index is 0.0372. The molecule has 6 nitrogen and oxygen atoms in total. The van der Waals surface area contributed by atoms with Crippen LogP contribution in [0.2, 0.25) is 0 Å². The van der Waals surface area contributed by atoms with Crippen LogP contribution in [-0.2, 0) is 4.79 Å². The molecule has 4 rings (SSSR count). The summed E-state index contributed by atoms with van der Waals surface area (Å²) < 4.78 is 0. The second kappa shape index (κ2) is 8.67. The van der Waals surface area contributed by atoms with Crippen LogP contribution >= 0.6 is 0 Å². The molecule has 148 valence electrons. The minimum Gasteiger partial charge on any atom is -0.334 e. The van der Waals surface area contributed by atoms with Crippen molar-refractivity contribution in [2.45, 2.75) is 64.3 Å². The van der Waals surface area contributed by atoms with E-state index in [1.165, 1.54) is 32.1 Å². The van der Waals surface area contributed by atoms with Crippen molar-refractivity contribution in [2.75, 3.05) is 11.9 Å². The van der Waals surface area contributed by atoms with Gasteiger partial charge in [0.1, 0.15) is 11.6 Å². The van der Waals surface area contributed by atoms with Crippen LogP contribution in [0.5, 0.6) is 0 Å². The molecule has 2 aromatic rings. The molecule has 0 spiro atoms. The first-order chi connectivity index (χ1) is 13.7. The van der Waals surface area contributed by atoms with Crippen LogP contribution in [0.1, 0.15) is 68.7 Å². The van der Waals surface area contributed by atoms with Gasteiger partial charge in [-0.25, -0.2) is 9.97 Å². The molecule has 0 unspecified atom stereocenters. The number of rotatable bonds is 5. The summed E-state index contributed by atoms with van der Waals surface area (Å²) in [5, 5.41) is 3.26. The molecule has 2 aromatic heterocycles. The minimum atomic E-state index is 0.0372. The van der Waals surface area contributed by atoms with Crippen LogP contribution in [0.3, 0.4) is 0 Å². The second-order valence-electron chi connectivity index (χ2n) is 8.08. The lowest BCUT2D eigenvalue weighted by Crippen LogP contribution is -2.32. The Morgan fingerprint density at radius 3 is 2.86 bits per heavy atom. The van der Waals surface area contributed by atoms with Gasteiger partial charge in [-0.1, -0.05) is 25.3 Å². The number of aryl methyl sites for hydroxylation is 1. The molecule has 1 saturated heterocycles. The highest BCUT2D eigenvalue weighted by atomic mass is 16.2. The molecule has 0 radical (unpaired) electrons. The van der Waals surface area contributed by atoms with Gasteiger partial charge in [-0.2, -0.15) is 0 Å². The average molecular weight is 380 g/mol. The number of carbonyl (C=O) groups is 1. The molecule has 28 heavy (non-hydrogen) atoms. The summed E-state index contributed by atoms with van der Waals surface area (Å²) in [7, 11) is 0. The van der Waals surface area contributed by atoms with Crippen LogP contribution in [0.25, 0.3) is 0 Å². The number of carbonyl (C=O) groups excluding carboxylic acids is 1. The van der Waals surface area contributed by atoms with E-state index in [0.717, 1.165) is 36.5 Å². The first-order valence-electron chi connectivity index (χ1n) is 10.5. The standard InChI is InChI=1S/C22H29N5O/c1-16-7-5-11-24-22(16)26-20-15-23-14-18(25-20)19-10-6-12-27(19)21(28)13-17-8-3-2-4-9-17/h5,7,11,14-15,17,19H,2-4,6,8-10,12-13H2,1H3,(H,24,25,26)/t19-/m0/s1. The summed E-state index contributed by atoms with van der Waals surface area (Å²) in [5.74, 6) is 2.31. The van der Waals surface area contributed by atoms with Crippen molar-refractivity contribution >= 4 is 17.5 Å². The van der Waals surface area contributed by atoms with Gasteiger partial charge in [0.25, 0.3) is 0 Å². The van der Waals surface area contributed by atoms with E-state index in [4.69, 9.17) is 4.98 Å². The van der Waals surface area contributed by atoms with Gasteiger partial charge in [0.2, 0.25) is 5.91 Å². The van der Waals surface area contributed by atoms with Crippen LogP contribution in [-0.4, -0.2) is 32.3 Å². The first-order valence-corrected chi connectivity index (χ1v) is 10.5. The molecule has 1 atom stereocenters. The summed E-state index contributed by atoms with van der Waals surface area (Å²) >= 11 is 0. The van der Waals surface area contributed by atoms with Crippen molar-refractivity contribution in [3.05, 3.63) is 42.0 Å². The largest absolute Gasteiger partial charge is 0.334 e. The highest BCUT2D eigenvalue weighted by Gasteiger charge is 2.32. The maximum absolute atomic E-state index is 13.0. The van der Waals surface area contributed by atoms with E-state index in [1.807, 2.05) is 24.0 Å². The predicted molar refractivity (Wildman–Crippen MR) is 109 cm³/mol. The van der Waals surface area contributed by atoms with Crippen LogP contribution in [0.4, 0.5) is 11.6 Å². The zero-order valence-corrected chi connectivity index (χ0v) is 16.6. The maximum atomic E-state index is 13.0. The van der Waals surface area contributed by atoms with E-state index in [2.05, 4.69) is 15.3 Å². The molecule has 1 saturated carbocycles. The number of anilines is 2. The molecule has 3 heterocycles. The van der Waals surface area contributed by atoms with Gasteiger partial charge in [-0.15, -0.1) is 0 Å². The molecule has 0 bridgehead atoms. The monoisotopic (exact) mass is 379 g/mol. The Balaban J connectivity index is 1.46. The Morgan fingerprint density at radius 2 is 2.04 bits per heavy atom. The number of nitrogens with one attached hydrogen (secondary N) is 1. The van der Waals surface area contributed by atoms with Crippen LogP contribution in [0, 0.1) is 12.8 Å². The number of likely N-dealkylation sites (tertiary alicyclic amines) is 1. The molecule has 1 aliphatic heterocycles. The Hall–Kier alpha value is -2.50. The number of hydrogen-bond acceptors (Lipinski definition) is 5. The smallest absolute Gasteiger partial charge is 0.223 e. The Morgan fingerprint density at radius 1 is 1.18 bits per heavy atom. The van der Waals surface area contributed by atoms with Gasteiger partial charge in [0, 0.05) is 19.2 Å². The molecule has 0 aromatic carbocycles. The van der Waals surface area contributed by atoms with Crippen LogP contribution < -0.4 is 5.32 Å². The molecular weight excluding hydrogens is 350 g/mol. The van der Waals surface area contributed by atoms with Crippen LogP contribution in [0.15, 0.2) is 30.7 Å². The van der Waals surface area contributed by atoms with Gasteiger partial charge in [-0.05, 0) is 50.2 Å². The number of aromatic nitrogens is 3. The van der Waals surface area contributed by atoms with Gasteiger partial charge in [0.05, 0.1) is 24.1 Å². The SMILES string of the molecule is Cc1cccnc1Nc1cncc([C@@H]2CCCN2C(=O)CC2CCCCC2)n1. The number of hydrogen-bond donors (Lipinski definition) is 1. The fourth-order valence-corrected chi connectivity index (χ4v) is 4.47. The fraction of sp³-hybridized carbons (Fsp3) is 0.545. The summed E-state index contributed by atoms with van der Waals surface area (Å²) in [5.41, 5.74) is 1.92. The maximum Gasteiger partial charge on any atom is 0.223 e. The molecule has 6 heteroatoms. The molecule has 2 fully saturated rings. The third-order valence-electron chi connectivity index (χ3n) is 6.01. The highest BCUT2D eigenvalue weighted by molar-refractivity contribution is 5.77. The van der Waals surface area contributed by atoms with E-state index >= 15 is 0 Å². The van der Waals surface area contributed by atoms with Gasteiger partial charge >= 0.3 is 0 Å². The lowest BCUT2D eigenvalue weighted by molar-refractivity contribution is -0.133. The summed E-state index contributed by atoms with van der Waals surface area (Å²) in [6.07, 6.45) is 14.2. The summed E-state index contributed by atoms with van der Waals surface area (Å²) in [6.45, 7) is 2.84. The Labute approximate surface area is 166 Å². The average Bonchev–Trinajstić information content (AvgIpc) is 3.21. The zero-order chi connectivity index (χ0) is 19.3. The van der Waals surface area contributed by atoms with E-state index in [1.54, 1.807) is 18.6 Å². The Kier molecular flexibility index (Phi) is 5.84. The Bertz CT molecular complexity index is 818. The second-order valence-corrected chi connectivity index (χ2v) is 8.08. The van der Waals surface area contributed by atoms with Gasteiger partial charge < -0.3 is 10.2 Å². The third kappa shape index (κ3) is 4.32. The van der Waals surface area contributed by atoms with Crippen molar-refractivity contribution in [1.82, 2.24) is 19.9 Å². The highest BCUT2D eigenvalue weighted by Crippen LogP contribution is 2.34. The third-order valence-corrected chi connectivity index (χ3v) is 6.01.